The van der Waals surface area contributed by atoms with Crippen LogP contribution in [0.15, 0.2) is 37.1 Å². The molecular formula is C17H24N8O5S2. The number of carbonyl (C=O) groups is 1. The van der Waals surface area contributed by atoms with Gasteiger partial charge in [0.15, 0.2) is 12.5 Å². The Morgan fingerprint density at radius 3 is 2.59 bits per heavy atom. The van der Waals surface area contributed by atoms with E-state index in [9.17, 15) is 21.6 Å². The zero-order valence-corrected chi connectivity index (χ0v) is 18.7. The second-order valence-corrected chi connectivity index (χ2v) is 10.9. The summed E-state index contributed by atoms with van der Waals surface area (Å²) in [6, 6.07) is 1.32. The van der Waals surface area contributed by atoms with Crippen molar-refractivity contribution < 1.29 is 21.6 Å². The van der Waals surface area contributed by atoms with Crippen LogP contribution < -0.4 is 25.8 Å². The fourth-order valence-corrected chi connectivity index (χ4v) is 6.89. The molecule has 0 radical (unpaired) electrons. The summed E-state index contributed by atoms with van der Waals surface area (Å²) in [4.78, 5) is 16.9. The predicted molar refractivity (Wildman–Crippen MR) is 115 cm³/mol. The second-order valence-electron chi connectivity index (χ2n) is 7.75. The SMILES string of the molecule is N[C@@H]1CCCN(c2ccc(S(=O)(=O)N[C@@H]3CCNC3)c(S(N)(=O)=O)c2C2=NCN=N2)C1=O. The van der Waals surface area contributed by atoms with Gasteiger partial charge >= 0.3 is 0 Å². The molecule has 3 aliphatic heterocycles. The van der Waals surface area contributed by atoms with Crippen molar-refractivity contribution in [2.75, 3.05) is 31.2 Å². The van der Waals surface area contributed by atoms with Gasteiger partial charge in [-0.15, -0.1) is 5.11 Å². The lowest BCUT2D eigenvalue weighted by Crippen LogP contribution is -2.49. The first-order valence-electron chi connectivity index (χ1n) is 10.0. The van der Waals surface area contributed by atoms with Crippen molar-refractivity contribution in [1.82, 2.24) is 10.0 Å². The second kappa shape index (κ2) is 8.57. The Labute approximate surface area is 185 Å². The smallest absolute Gasteiger partial charge is 0.243 e. The molecule has 2 fully saturated rings. The number of aliphatic imine (C=N–C) groups is 1. The Morgan fingerprint density at radius 2 is 1.97 bits per heavy atom. The molecule has 174 valence electrons. The minimum absolute atomic E-state index is 0.0603. The number of carbonyl (C=O) groups excluding carboxylic acids is 1. The number of amidine groups is 1. The van der Waals surface area contributed by atoms with E-state index in [1.54, 1.807) is 0 Å². The minimum Gasteiger partial charge on any atom is -0.320 e. The number of azo groups is 1. The normalized spacial score (nSPS) is 24.2. The van der Waals surface area contributed by atoms with Crippen molar-refractivity contribution in [3.63, 3.8) is 0 Å². The third kappa shape index (κ3) is 4.31. The van der Waals surface area contributed by atoms with Gasteiger partial charge in [-0.05, 0) is 37.9 Å². The molecule has 0 bridgehead atoms. The highest BCUT2D eigenvalue weighted by Crippen LogP contribution is 2.35. The quantitative estimate of drug-likeness (QED) is 0.380. The molecule has 3 heterocycles. The van der Waals surface area contributed by atoms with Crippen molar-refractivity contribution in [1.29, 1.82) is 0 Å². The third-order valence-electron chi connectivity index (χ3n) is 5.50. The summed E-state index contributed by atoms with van der Waals surface area (Å²) in [7, 11) is -8.88. The van der Waals surface area contributed by atoms with Crippen LogP contribution >= 0.6 is 0 Å². The Bertz CT molecular complexity index is 1210. The molecule has 15 heteroatoms. The number of amides is 1. The van der Waals surface area contributed by atoms with Crippen molar-refractivity contribution in [3.05, 3.63) is 17.7 Å². The summed E-state index contributed by atoms with van der Waals surface area (Å²) in [5, 5.41) is 16.1. The van der Waals surface area contributed by atoms with E-state index < -0.39 is 47.8 Å². The standard InChI is InChI=1S/C17H24N8O5S2/c18-11-2-1-7-25(17(11)26)12-3-4-13(32(29,30)24-10-5-6-20-8-10)15(31(19,27)28)14(12)16-21-9-22-23-16/h3-4,10-11,20,24H,1-2,5-9,18H2,(H2,19,27,28)/t10-,11-/m1/s1. The minimum atomic E-state index is -4.60. The molecule has 2 atom stereocenters. The lowest BCUT2D eigenvalue weighted by molar-refractivity contribution is -0.120. The number of rotatable bonds is 6. The van der Waals surface area contributed by atoms with Gasteiger partial charge in [0.2, 0.25) is 26.0 Å². The zero-order valence-electron chi connectivity index (χ0n) is 17.1. The first-order valence-corrected chi connectivity index (χ1v) is 13.0. The van der Waals surface area contributed by atoms with E-state index in [4.69, 9.17) is 10.9 Å². The van der Waals surface area contributed by atoms with Gasteiger partial charge in [-0.3, -0.25) is 4.79 Å². The Balaban J connectivity index is 1.94. The van der Waals surface area contributed by atoms with Crippen molar-refractivity contribution in [3.8, 4) is 0 Å². The maximum absolute atomic E-state index is 13.2. The molecular weight excluding hydrogens is 460 g/mol. The fraction of sp³-hybridized carbons (Fsp3) is 0.529. The number of primary sulfonamides is 1. The molecule has 1 amide bonds. The molecule has 6 N–H and O–H groups in total. The topological polar surface area (TPSA) is 202 Å². The van der Waals surface area contributed by atoms with Gasteiger partial charge in [0.05, 0.1) is 17.3 Å². The molecule has 0 aliphatic carbocycles. The highest BCUT2D eigenvalue weighted by Gasteiger charge is 2.37. The Morgan fingerprint density at radius 1 is 1.19 bits per heavy atom. The molecule has 2 saturated heterocycles. The van der Waals surface area contributed by atoms with E-state index >= 15 is 0 Å². The lowest BCUT2D eigenvalue weighted by Gasteiger charge is -2.32. The number of hydrogen-bond acceptors (Lipinski definition) is 10. The Hall–Kier alpha value is -2.30. The number of piperidine rings is 1. The van der Waals surface area contributed by atoms with Gasteiger partial charge in [0.25, 0.3) is 0 Å². The number of hydrogen-bond donors (Lipinski definition) is 4. The van der Waals surface area contributed by atoms with Gasteiger partial charge in [-0.1, -0.05) is 0 Å². The van der Waals surface area contributed by atoms with Crippen molar-refractivity contribution >= 4 is 37.5 Å². The number of nitrogens with one attached hydrogen (secondary N) is 2. The first kappa shape index (κ1) is 22.9. The summed E-state index contributed by atoms with van der Waals surface area (Å²) >= 11 is 0. The van der Waals surface area contributed by atoms with Gasteiger partial charge in [-0.2, -0.15) is 5.11 Å². The Kier molecular flexibility index (Phi) is 6.12. The first-order chi connectivity index (χ1) is 15.1. The summed E-state index contributed by atoms with van der Waals surface area (Å²) in [5.74, 6) is -0.533. The summed E-state index contributed by atoms with van der Waals surface area (Å²) < 4.78 is 54.3. The molecule has 4 rings (SSSR count). The van der Waals surface area contributed by atoms with E-state index in [2.05, 4.69) is 25.3 Å². The summed E-state index contributed by atoms with van der Waals surface area (Å²) in [6.45, 7) is 1.26. The molecule has 13 nitrogen and oxygen atoms in total. The molecule has 32 heavy (non-hydrogen) atoms. The van der Waals surface area contributed by atoms with Crippen LogP contribution in [0.4, 0.5) is 5.69 Å². The van der Waals surface area contributed by atoms with Gasteiger partial charge < -0.3 is 16.0 Å². The van der Waals surface area contributed by atoms with Crippen LogP contribution in [0, 0.1) is 0 Å². The average molecular weight is 485 g/mol. The summed E-state index contributed by atoms with van der Waals surface area (Å²) in [5.41, 5.74) is 5.85. The molecule has 3 aliphatic rings. The van der Waals surface area contributed by atoms with Crippen LogP contribution in [-0.2, 0) is 24.8 Å². The largest absolute Gasteiger partial charge is 0.320 e. The molecule has 1 aromatic carbocycles. The van der Waals surface area contributed by atoms with Crippen LogP contribution in [0.2, 0.25) is 0 Å². The fourth-order valence-electron chi connectivity index (χ4n) is 4.03. The number of sulfonamides is 2. The van der Waals surface area contributed by atoms with Crippen LogP contribution in [-0.4, -0.2) is 67.0 Å². The van der Waals surface area contributed by atoms with Crippen LogP contribution in [0.1, 0.15) is 24.8 Å². The highest BCUT2D eigenvalue weighted by atomic mass is 32.2. The zero-order chi connectivity index (χ0) is 23.1. The predicted octanol–water partition coefficient (Wildman–Crippen LogP) is -1.40. The van der Waals surface area contributed by atoms with Crippen molar-refractivity contribution in [2.45, 2.75) is 41.1 Å². The molecule has 0 aromatic heterocycles. The van der Waals surface area contributed by atoms with E-state index in [1.807, 2.05) is 0 Å². The van der Waals surface area contributed by atoms with Crippen LogP contribution in [0.5, 0.6) is 0 Å². The lowest BCUT2D eigenvalue weighted by atomic mass is 10.0. The average Bonchev–Trinajstić information content (AvgIpc) is 3.42. The monoisotopic (exact) mass is 484 g/mol. The number of nitrogens with two attached hydrogens (primary N) is 2. The van der Waals surface area contributed by atoms with Crippen LogP contribution in [0.3, 0.4) is 0 Å². The van der Waals surface area contributed by atoms with Gasteiger partial charge in [0.1, 0.15) is 9.79 Å². The van der Waals surface area contributed by atoms with E-state index in [0.717, 1.165) is 6.07 Å². The molecule has 0 unspecified atom stereocenters. The maximum Gasteiger partial charge on any atom is 0.243 e. The van der Waals surface area contributed by atoms with E-state index in [0.29, 0.717) is 32.4 Å². The van der Waals surface area contributed by atoms with E-state index in [1.165, 1.54) is 11.0 Å². The molecule has 1 aromatic rings. The van der Waals surface area contributed by atoms with Gasteiger partial charge in [0, 0.05) is 19.1 Å². The number of benzene rings is 1. The third-order valence-corrected chi connectivity index (χ3v) is 8.18. The number of anilines is 1. The van der Waals surface area contributed by atoms with E-state index in [-0.39, 0.29) is 30.3 Å². The maximum atomic E-state index is 13.2. The highest BCUT2D eigenvalue weighted by molar-refractivity contribution is 7.92. The summed E-state index contributed by atoms with van der Waals surface area (Å²) in [6.07, 6.45) is 1.62. The molecule has 0 spiro atoms. The van der Waals surface area contributed by atoms with Gasteiger partial charge in [-0.25, -0.2) is 31.7 Å². The van der Waals surface area contributed by atoms with Crippen molar-refractivity contribution in [2.24, 2.45) is 26.1 Å². The molecule has 0 saturated carbocycles. The van der Waals surface area contributed by atoms with Crippen LogP contribution in [0.25, 0.3) is 0 Å². The number of nitrogens with zero attached hydrogens (tertiary/aromatic N) is 4.